The van der Waals surface area contributed by atoms with Gasteiger partial charge in [-0.3, -0.25) is 4.98 Å². The Hall–Kier alpha value is -2.03. The minimum absolute atomic E-state index is 0.435. The van der Waals surface area contributed by atoms with Gasteiger partial charge in [-0.15, -0.1) is 0 Å². The number of ether oxygens (including phenoxy) is 1. The molecule has 0 saturated heterocycles. The Morgan fingerprint density at radius 1 is 1.11 bits per heavy atom. The second-order valence-corrected chi connectivity index (χ2v) is 4.43. The highest BCUT2D eigenvalue weighted by molar-refractivity contribution is 5.46. The Kier molecular flexibility index (Phi) is 4.18. The van der Waals surface area contributed by atoms with Crippen LogP contribution in [0.25, 0.3) is 0 Å². The summed E-state index contributed by atoms with van der Waals surface area (Å²) in [5, 5.41) is 3.34. The maximum atomic E-state index is 5.66. The molecule has 0 aliphatic heterocycles. The van der Waals surface area contributed by atoms with E-state index in [2.05, 4.69) is 24.1 Å². The molecular formula is C15H18N2O. The third-order valence-electron chi connectivity index (χ3n) is 2.42. The molecule has 0 aliphatic carbocycles. The summed E-state index contributed by atoms with van der Waals surface area (Å²) in [6, 6.07) is 14.2. The fraction of sp³-hybridized carbons (Fsp3) is 0.267. The van der Waals surface area contributed by atoms with Crippen molar-refractivity contribution in [1.82, 2.24) is 4.98 Å². The standard InChI is InChI=1S/C15H18N2O/c1-12(2)17-13-6-8-15(9-7-13)18-11-14-5-3-4-10-16-14/h3-10,12,17H,11H2,1-2H3. The molecule has 0 radical (unpaired) electrons. The molecule has 0 amide bonds. The molecule has 1 aromatic heterocycles. The zero-order chi connectivity index (χ0) is 12.8. The highest BCUT2D eigenvalue weighted by atomic mass is 16.5. The fourth-order valence-electron chi connectivity index (χ4n) is 1.62. The van der Waals surface area contributed by atoms with E-state index in [1.165, 1.54) is 0 Å². The van der Waals surface area contributed by atoms with E-state index in [1.54, 1.807) is 6.20 Å². The molecule has 1 heterocycles. The Labute approximate surface area is 108 Å². The molecule has 1 aromatic carbocycles. The van der Waals surface area contributed by atoms with Gasteiger partial charge >= 0.3 is 0 Å². The number of aromatic nitrogens is 1. The summed E-state index contributed by atoms with van der Waals surface area (Å²) in [7, 11) is 0. The van der Waals surface area contributed by atoms with Crippen molar-refractivity contribution in [2.75, 3.05) is 5.32 Å². The summed E-state index contributed by atoms with van der Waals surface area (Å²) in [4.78, 5) is 4.21. The van der Waals surface area contributed by atoms with Crippen LogP contribution >= 0.6 is 0 Å². The van der Waals surface area contributed by atoms with Crippen LogP contribution < -0.4 is 10.1 Å². The minimum Gasteiger partial charge on any atom is -0.487 e. The van der Waals surface area contributed by atoms with Crippen LogP contribution in [0, 0.1) is 0 Å². The largest absolute Gasteiger partial charge is 0.487 e. The van der Waals surface area contributed by atoms with Gasteiger partial charge in [-0.2, -0.15) is 0 Å². The van der Waals surface area contributed by atoms with Gasteiger partial charge in [0.05, 0.1) is 5.69 Å². The summed E-state index contributed by atoms with van der Waals surface area (Å²) in [6.07, 6.45) is 1.77. The lowest BCUT2D eigenvalue weighted by molar-refractivity contribution is 0.301. The molecule has 0 aliphatic rings. The van der Waals surface area contributed by atoms with Crippen LogP contribution in [-0.4, -0.2) is 11.0 Å². The van der Waals surface area contributed by atoms with E-state index in [-0.39, 0.29) is 0 Å². The lowest BCUT2D eigenvalue weighted by atomic mass is 10.2. The maximum Gasteiger partial charge on any atom is 0.130 e. The van der Waals surface area contributed by atoms with Gasteiger partial charge < -0.3 is 10.1 Å². The number of hydrogen-bond acceptors (Lipinski definition) is 3. The number of rotatable bonds is 5. The Morgan fingerprint density at radius 2 is 1.89 bits per heavy atom. The second kappa shape index (κ2) is 6.05. The molecule has 3 nitrogen and oxygen atoms in total. The van der Waals surface area contributed by atoms with Crippen molar-refractivity contribution >= 4 is 5.69 Å². The number of benzene rings is 1. The maximum absolute atomic E-state index is 5.66. The monoisotopic (exact) mass is 242 g/mol. The molecule has 0 fully saturated rings. The molecule has 0 atom stereocenters. The lowest BCUT2D eigenvalue weighted by Crippen LogP contribution is -2.09. The number of nitrogens with one attached hydrogen (secondary N) is 1. The zero-order valence-corrected chi connectivity index (χ0v) is 10.8. The van der Waals surface area contributed by atoms with Crippen LogP contribution in [0.1, 0.15) is 19.5 Å². The molecule has 0 unspecified atom stereocenters. The van der Waals surface area contributed by atoms with Crippen molar-refractivity contribution in [3.05, 3.63) is 54.4 Å². The van der Waals surface area contributed by atoms with Crippen molar-refractivity contribution in [3.8, 4) is 5.75 Å². The molecule has 3 heteroatoms. The highest BCUT2D eigenvalue weighted by Crippen LogP contribution is 2.17. The van der Waals surface area contributed by atoms with Gasteiger partial charge in [0, 0.05) is 17.9 Å². The first-order valence-corrected chi connectivity index (χ1v) is 6.13. The minimum atomic E-state index is 0.435. The van der Waals surface area contributed by atoms with Gasteiger partial charge in [0.2, 0.25) is 0 Å². The van der Waals surface area contributed by atoms with E-state index in [0.29, 0.717) is 12.6 Å². The third-order valence-corrected chi connectivity index (χ3v) is 2.42. The van der Waals surface area contributed by atoms with Crippen LogP contribution in [0.4, 0.5) is 5.69 Å². The van der Waals surface area contributed by atoms with Crippen molar-refractivity contribution in [1.29, 1.82) is 0 Å². The van der Waals surface area contributed by atoms with E-state index in [9.17, 15) is 0 Å². The second-order valence-electron chi connectivity index (χ2n) is 4.43. The van der Waals surface area contributed by atoms with Gasteiger partial charge in [-0.05, 0) is 50.2 Å². The molecule has 0 spiro atoms. The van der Waals surface area contributed by atoms with Gasteiger partial charge in [-0.1, -0.05) is 6.07 Å². The first kappa shape index (κ1) is 12.4. The van der Waals surface area contributed by atoms with Gasteiger partial charge in [0.25, 0.3) is 0 Å². The molecule has 94 valence electrons. The average Bonchev–Trinajstić information content (AvgIpc) is 2.38. The van der Waals surface area contributed by atoms with Gasteiger partial charge in [-0.25, -0.2) is 0 Å². The Balaban J connectivity index is 1.90. The van der Waals surface area contributed by atoms with E-state index in [1.807, 2.05) is 42.5 Å². The number of anilines is 1. The zero-order valence-electron chi connectivity index (χ0n) is 10.8. The summed E-state index contributed by atoms with van der Waals surface area (Å²) in [5.41, 5.74) is 2.04. The van der Waals surface area contributed by atoms with Crippen molar-refractivity contribution in [2.24, 2.45) is 0 Å². The van der Waals surface area contributed by atoms with E-state index in [4.69, 9.17) is 4.74 Å². The average molecular weight is 242 g/mol. The third kappa shape index (κ3) is 3.77. The van der Waals surface area contributed by atoms with Crippen molar-refractivity contribution in [3.63, 3.8) is 0 Å². The first-order valence-electron chi connectivity index (χ1n) is 6.13. The number of nitrogens with zero attached hydrogens (tertiary/aromatic N) is 1. The van der Waals surface area contributed by atoms with Crippen LogP contribution in [0.2, 0.25) is 0 Å². The van der Waals surface area contributed by atoms with Gasteiger partial charge in [0.1, 0.15) is 12.4 Å². The summed E-state index contributed by atoms with van der Waals surface area (Å²) in [5.74, 6) is 0.856. The fourth-order valence-corrected chi connectivity index (χ4v) is 1.62. The lowest BCUT2D eigenvalue weighted by Gasteiger charge is -2.11. The quantitative estimate of drug-likeness (QED) is 0.871. The van der Waals surface area contributed by atoms with E-state index >= 15 is 0 Å². The van der Waals surface area contributed by atoms with Crippen LogP contribution in [-0.2, 0) is 6.61 Å². The smallest absolute Gasteiger partial charge is 0.130 e. The molecule has 0 bridgehead atoms. The molecular weight excluding hydrogens is 224 g/mol. The molecule has 18 heavy (non-hydrogen) atoms. The van der Waals surface area contributed by atoms with Crippen LogP contribution in [0.5, 0.6) is 5.75 Å². The topological polar surface area (TPSA) is 34.1 Å². The predicted molar refractivity (Wildman–Crippen MR) is 73.8 cm³/mol. The van der Waals surface area contributed by atoms with Gasteiger partial charge in [0.15, 0.2) is 0 Å². The molecule has 2 rings (SSSR count). The molecule has 0 saturated carbocycles. The number of hydrogen-bond donors (Lipinski definition) is 1. The van der Waals surface area contributed by atoms with Crippen LogP contribution in [0.3, 0.4) is 0 Å². The predicted octanol–water partition coefficient (Wildman–Crippen LogP) is 3.48. The number of pyridine rings is 1. The Bertz CT molecular complexity index is 466. The normalized spacial score (nSPS) is 10.4. The van der Waals surface area contributed by atoms with Crippen LogP contribution in [0.15, 0.2) is 48.7 Å². The first-order chi connectivity index (χ1) is 8.74. The summed E-state index contributed by atoms with van der Waals surface area (Å²) < 4.78 is 5.66. The van der Waals surface area contributed by atoms with Crippen molar-refractivity contribution in [2.45, 2.75) is 26.5 Å². The molecule has 2 aromatic rings. The summed E-state index contributed by atoms with van der Waals surface area (Å²) in [6.45, 7) is 4.73. The summed E-state index contributed by atoms with van der Waals surface area (Å²) >= 11 is 0. The SMILES string of the molecule is CC(C)Nc1ccc(OCc2ccccn2)cc1. The highest BCUT2D eigenvalue weighted by Gasteiger charge is 1.98. The molecule has 1 N–H and O–H groups in total. The van der Waals surface area contributed by atoms with E-state index in [0.717, 1.165) is 17.1 Å². The van der Waals surface area contributed by atoms with E-state index < -0.39 is 0 Å². The van der Waals surface area contributed by atoms with Crippen molar-refractivity contribution < 1.29 is 4.74 Å². The Morgan fingerprint density at radius 3 is 2.50 bits per heavy atom.